The molecule has 3 aliphatic rings. The Hall–Kier alpha value is -2.82. The standard InChI is InChI=1S/C37H44ClNO6S2/c1-36(2)30-16-6-5-14-28(30)29(15-10-24-46(40,41)42)31(36)21-19-26-12-9-13-27(35(26)38)20-22-34-37(3,4)32-17-7-8-18-33(32)39(34)23-11-25-47(43,44)45/h5-8,14,16-22,29H,9-13,15,23-25H2,1-4H3,(H-,40,41,42,43,44,45)/b22-20+,26-19+,31-21+. The second-order valence-corrected chi connectivity index (χ2v) is 17.3. The Morgan fingerprint density at radius 3 is 2.28 bits per heavy atom. The molecule has 1 N–H and O–H groups in total. The zero-order valence-electron chi connectivity index (χ0n) is 27.5. The van der Waals surface area contributed by atoms with Gasteiger partial charge in [-0.1, -0.05) is 91.7 Å². The van der Waals surface area contributed by atoms with E-state index in [1.165, 1.54) is 16.7 Å². The lowest BCUT2D eigenvalue weighted by molar-refractivity contribution is -0.437. The summed E-state index contributed by atoms with van der Waals surface area (Å²) < 4.78 is 68.4. The summed E-state index contributed by atoms with van der Waals surface area (Å²) >= 11 is 7.09. The molecule has 0 fully saturated rings. The summed E-state index contributed by atoms with van der Waals surface area (Å²) in [6.45, 7) is 9.11. The lowest BCUT2D eigenvalue weighted by Gasteiger charge is -2.25. The van der Waals surface area contributed by atoms with E-state index in [2.05, 4.69) is 74.8 Å². The average molecular weight is 698 g/mol. The first-order chi connectivity index (χ1) is 22.0. The molecule has 1 heterocycles. The largest absolute Gasteiger partial charge is 0.748 e. The Morgan fingerprint density at radius 2 is 1.57 bits per heavy atom. The number of halogens is 1. The Balaban J connectivity index is 1.47. The maximum absolute atomic E-state index is 11.5. The number of para-hydroxylation sites is 1. The Labute approximate surface area is 285 Å². The van der Waals surface area contributed by atoms with Gasteiger partial charge in [0.2, 0.25) is 5.69 Å². The second kappa shape index (κ2) is 13.6. The topological polar surface area (TPSA) is 115 Å². The molecule has 5 rings (SSSR count). The fourth-order valence-corrected chi connectivity index (χ4v) is 8.92. The number of rotatable bonds is 11. The average Bonchev–Trinajstić information content (AvgIpc) is 3.33. The molecule has 0 bridgehead atoms. The van der Waals surface area contributed by atoms with E-state index in [0.717, 1.165) is 52.4 Å². The molecule has 0 aromatic heterocycles. The predicted octanol–water partition coefficient (Wildman–Crippen LogP) is 7.83. The predicted molar refractivity (Wildman–Crippen MR) is 188 cm³/mol. The molecule has 2 aliphatic carbocycles. The van der Waals surface area contributed by atoms with Gasteiger partial charge in [0.05, 0.1) is 21.3 Å². The smallest absolute Gasteiger partial charge is 0.264 e. The van der Waals surface area contributed by atoms with Crippen molar-refractivity contribution in [2.45, 2.75) is 83.0 Å². The number of hydrogen-bond donors (Lipinski definition) is 1. The highest BCUT2D eigenvalue weighted by Gasteiger charge is 2.44. The summed E-state index contributed by atoms with van der Waals surface area (Å²) in [5, 5.41) is 0.721. The highest BCUT2D eigenvalue weighted by molar-refractivity contribution is 7.85. The van der Waals surface area contributed by atoms with Crippen molar-refractivity contribution in [3.63, 3.8) is 0 Å². The van der Waals surface area contributed by atoms with Crippen LogP contribution in [0.3, 0.4) is 0 Å². The lowest BCUT2D eigenvalue weighted by Crippen LogP contribution is -2.28. The summed E-state index contributed by atoms with van der Waals surface area (Å²) in [6.07, 6.45) is 12.3. The van der Waals surface area contributed by atoms with Crippen LogP contribution in [0.5, 0.6) is 0 Å². The molecule has 2 aromatic carbocycles. The highest BCUT2D eigenvalue weighted by Crippen LogP contribution is 2.52. The minimum absolute atomic E-state index is 0.0377. The monoisotopic (exact) mass is 697 g/mol. The fourth-order valence-electron chi connectivity index (χ4n) is 7.59. The van der Waals surface area contributed by atoms with Gasteiger partial charge in [-0.05, 0) is 68.2 Å². The molecular weight excluding hydrogens is 654 g/mol. The molecule has 1 aliphatic heterocycles. The van der Waals surface area contributed by atoms with E-state index in [-0.39, 0.29) is 28.9 Å². The van der Waals surface area contributed by atoms with E-state index < -0.39 is 26.0 Å². The molecule has 0 radical (unpaired) electrons. The maximum Gasteiger partial charge on any atom is 0.264 e. The van der Waals surface area contributed by atoms with Crippen LogP contribution in [0.1, 0.15) is 88.8 Å². The molecule has 47 heavy (non-hydrogen) atoms. The number of allylic oxidation sites excluding steroid dienone is 8. The zero-order chi connectivity index (χ0) is 34.2. The molecule has 0 saturated heterocycles. The van der Waals surface area contributed by atoms with Crippen molar-refractivity contribution in [3.8, 4) is 0 Å². The molecule has 1 atom stereocenters. The van der Waals surface area contributed by atoms with Crippen molar-refractivity contribution >= 4 is 43.2 Å². The zero-order valence-corrected chi connectivity index (χ0v) is 29.9. The van der Waals surface area contributed by atoms with Crippen molar-refractivity contribution in [1.29, 1.82) is 0 Å². The Kier molecular flexibility index (Phi) is 10.3. The van der Waals surface area contributed by atoms with Gasteiger partial charge in [-0.2, -0.15) is 13.0 Å². The van der Waals surface area contributed by atoms with Gasteiger partial charge in [0.15, 0.2) is 5.71 Å². The van der Waals surface area contributed by atoms with Crippen LogP contribution in [0.2, 0.25) is 0 Å². The third kappa shape index (κ3) is 7.75. The number of fused-ring (bicyclic) bond motifs is 2. The SMILES string of the molecule is CC1(C)C(/C=C/C2=C(Cl)C(=C/C=C3\C(CCCS(=O)(=O)O)c4ccccc4C3(C)C)/CCC2)=[N+](CCCS(=O)(=O)[O-])c2ccccc21. The summed E-state index contributed by atoms with van der Waals surface area (Å²) in [4.78, 5) is 0. The van der Waals surface area contributed by atoms with E-state index in [4.69, 9.17) is 11.6 Å². The van der Waals surface area contributed by atoms with E-state index in [1.54, 1.807) is 0 Å². The quantitative estimate of drug-likeness (QED) is 0.189. The molecule has 7 nitrogen and oxygen atoms in total. The van der Waals surface area contributed by atoms with E-state index in [9.17, 15) is 25.9 Å². The van der Waals surface area contributed by atoms with Crippen LogP contribution in [0.25, 0.3) is 0 Å². The van der Waals surface area contributed by atoms with E-state index in [1.807, 2.05) is 30.3 Å². The van der Waals surface area contributed by atoms with Gasteiger partial charge in [0.25, 0.3) is 10.1 Å². The molecular formula is C37H44ClNO6S2. The second-order valence-electron chi connectivity index (χ2n) is 13.8. The van der Waals surface area contributed by atoms with Crippen molar-refractivity contribution in [2.75, 3.05) is 18.1 Å². The third-order valence-corrected chi connectivity index (χ3v) is 12.0. The molecule has 0 spiro atoms. The molecule has 1 unspecified atom stereocenters. The first kappa shape index (κ1) is 35.5. The van der Waals surface area contributed by atoms with Gasteiger partial charge in [-0.25, -0.2) is 8.42 Å². The van der Waals surface area contributed by atoms with Crippen LogP contribution in [0.15, 0.2) is 94.6 Å². The van der Waals surface area contributed by atoms with Crippen LogP contribution in [0.4, 0.5) is 5.69 Å². The van der Waals surface area contributed by atoms with Crippen molar-refractivity contribution in [3.05, 3.63) is 111 Å². The van der Waals surface area contributed by atoms with E-state index >= 15 is 0 Å². The highest BCUT2D eigenvalue weighted by atomic mass is 35.5. The van der Waals surface area contributed by atoms with E-state index in [0.29, 0.717) is 19.4 Å². The molecule has 2 aromatic rings. The molecule has 0 saturated carbocycles. The van der Waals surface area contributed by atoms with Gasteiger partial charge in [-0.3, -0.25) is 4.55 Å². The van der Waals surface area contributed by atoms with Gasteiger partial charge in [0, 0.05) is 46.2 Å². The number of nitrogens with zero attached hydrogens (tertiary/aromatic N) is 1. The van der Waals surface area contributed by atoms with Gasteiger partial charge < -0.3 is 4.55 Å². The van der Waals surface area contributed by atoms with Crippen molar-refractivity contribution < 1.29 is 30.5 Å². The van der Waals surface area contributed by atoms with Crippen LogP contribution >= 0.6 is 11.6 Å². The summed E-state index contributed by atoms with van der Waals surface area (Å²) in [5.74, 6) is -0.635. The summed E-state index contributed by atoms with van der Waals surface area (Å²) in [6, 6.07) is 16.4. The third-order valence-electron chi connectivity index (χ3n) is 9.94. The Morgan fingerprint density at radius 1 is 0.894 bits per heavy atom. The minimum Gasteiger partial charge on any atom is -0.748 e. The van der Waals surface area contributed by atoms with Gasteiger partial charge >= 0.3 is 0 Å². The van der Waals surface area contributed by atoms with Crippen molar-refractivity contribution in [1.82, 2.24) is 0 Å². The maximum atomic E-state index is 11.5. The Bertz CT molecular complexity index is 1930. The lowest BCUT2D eigenvalue weighted by atomic mass is 9.79. The van der Waals surface area contributed by atoms with Gasteiger partial charge in [0.1, 0.15) is 6.54 Å². The van der Waals surface area contributed by atoms with Crippen LogP contribution in [-0.4, -0.2) is 54.3 Å². The van der Waals surface area contributed by atoms with Gasteiger partial charge in [-0.15, -0.1) is 0 Å². The number of benzene rings is 2. The summed E-state index contributed by atoms with van der Waals surface area (Å²) in [7, 11) is -8.34. The molecule has 10 heteroatoms. The first-order valence-corrected chi connectivity index (χ1v) is 19.8. The van der Waals surface area contributed by atoms with Crippen LogP contribution in [-0.2, 0) is 31.1 Å². The normalized spacial score (nSPS) is 22.5. The first-order valence-electron chi connectivity index (χ1n) is 16.2. The molecule has 252 valence electrons. The van der Waals surface area contributed by atoms with Crippen LogP contribution < -0.4 is 0 Å². The number of hydrogen-bond acceptors (Lipinski definition) is 5. The molecule has 0 amide bonds. The minimum atomic E-state index is -4.31. The van der Waals surface area contributed by atoms with Crippen molar-refractivity contribution in [2.24, 2.45) is 0 Å². The van der Waals surface area contributed by atoms with Crippen LogP contribution in [0, 0.1) is 0 Å². The summed E-state index contributed by atoms with van der Waals surface area (Å²) in [5.41, 5.74) is 8.30. The fraction of sp³-hybridized carbons (Fsp3) is 0.432.